The van der Waals surface area contributed by atoms with Crippen molar-refractivity contribution >= 4 is 11.8 Å². The Morgan fingerprint density at radius 1 is 1.33 bits per heavy atom. The third kappa shape index (κ3) is 6.00. The number of hydrogen-bond acceptors (Lipinski definition) is 3. The summed E-state index contributed by atoms with van der Waals surface area (Å²) in [6.45, 7) is 7.18. The molecule has 1 saturated carbocycles. The number of carbonyl (C=O) groups excluding carboxylic acids is 2. The molecule has 0 aliphatic heterocycles. The number of nitrogens with one attached hydrogen (secondary N) is 2. The topological polar surface area (TPSA) is 61.4 Å². The minimum absolute atomic E-state index is 0.0459. The van der Waals surface area contributed by atoms with E-state index in [2.05, 4.69) is 10.6 Å². The summed E-state index contributed by atoms with van der Waals surface area (Å²) in [7, 11) is 0. The Balaban J connectivity index is 2.24. The summed E-state index contributed by atoms with van der Waals surface area (Å²) in [5, 5.41) is 6.10. The Morgan fingerprint density at radius 2 is 2.00 bits per heavy atom. The quantitative estimate of drug-likeness (QED) is 0.664. The number of carbonyl (C=O) groups is 2. The van der Waals surface area contributed by atoms with Crippen LogP contribution in [-0.4, -0.2) is 48.4 Å². The highest BCUT2D eigenvalue weighted by Gasteiger charge is 2.21. The highest BCUT2D eigenvalue weighted by atomic mass is 16.2. The summed E-state index contributed by atoms with van der Waals surface area (Å²) in [6, 6.07) is 0.736. The fourth-order valence-corrected chi connectivity index (χ4v) is 1.75. The summed E-state index contributed by atoms with van der Waals surface area (Å²) in [6.07, 6.45) is 2.92. The second-order valence-electron chi connectivity index (χ2n) is 5.11. The van der Waals surface area contributed by atoms with E-state index in [1.165, 1.54) is 12.8 Å². The maximum atomic E-state index is 11.9. The molecule has 0 aromatic heterocycles. The van der Waals surface area contributed by atoms with E-state index in [4.69, 9.17) is 0 Å². The molecule has 0 radical (unpaired) electrons. The minimum atomic E-state index is -0.0876. The standard InChI is InChI=1S/C13H25N3O2/c1-4-16(9-12(17)15-10(2)3)13(18)7-8-14-11-5-6-11/h10-11,14H,4-9H2,1-3H3,(H,15,17). The maximum absolute atomic E-state index is 11.9. The van der Waals surface area contributed by atoms with Crippen LogP contribution in [0.4, 0.5) is 0 Å². The van der Waals surface area contributed by atoms with Gasteiger partial charge in [0.15, 0.2) is 0 Å². The molecule has 104 valence electrons. The van der Waals surface area contributed by atoms with Crippen molar-refractivity contribution in [3.63, 3.8) is 0 Å². The van der Waals surface area contributed by atoms with Crippen LogP contribution in [0.1, 0.15) is 40.0 Å². The summed E-state index contributed by atoms with van der Waals surface area (Å²) < 4.78 is 0. The molecule has 18 heavy (non-hydrogen) atoms. The van der Waals surface area contributed by atoms with E-state index in [-0.39, 0.29) is 24.4 Å². The second-order valence-corrected chi connectivity index (χ2v) is 5.11. The normalized spacial score (nSPS) is 14.7. The van der Waals surface area contributed by atoms with Gasteiger partial charge in [-0.15, -0.1) is 0 Å². The average molecular weight is 255 g/mol. The molecule has 1 aliphatic carbocycles. The van der Waals surface area contributed by atoms with Gasteiger partial charge in [0.2, 0.25) is 11.8 Å². The van der Waals surface area contributed by atoms with Crippen LogP contribution in [-0.2, 0) is 9.59 Å². The zero-order chi connectivity index (χ0) is 13.5. The number of hydrogen-bond donors (Lipinski definition) is 2. The molecule has 0 bridgehead atoms. The maximum Gasteiger partial charge on any atom is 0.239 e. The molecular formula is C13H25N3O2. The lowest BCUT2D eigenvalue weighted by atomic mass is 10.3. The van der Waals surface area contributed by atoms with E-state index in [0.717, 1.165) is 0 Å². The zero-order valence-corrected chi connectivity index (χ0v) is 11.7. The molecule has 5 nitrogen and oxygen atoms in total. The summed E-state index contributed by atoms with van der Waals surface area (Å²) in [4.78, 5) is 25.1. The molecule has 0 spiro atoms. The third-order valence-electron chi connectivity index (χ3n) is 2.87. The van der Waals surface area contributed by atoms with Crippen molar-refractivity contribution in [1.29, 1.82) is 0 Å². The molecule has 0 saturated heterocycles. The van der Waals surface area contributed by atoms with Crippen LogP contribution in [0.3, 0.4) is 0 Å². The van der Waals surface area contributed by atoms with Gasteiger partial charge in [-0.2, -0.15) is 0 Å². The first-order valence-electron chi connectivity index (χ1n) is 6.83. The van der Waals surface area contributed by atoms with Crippen molar-refractivity contribution in [3.8, 4) is 0 Å². The van der Waals surface area contributed by atoms with Gasteiger partial charge in [0.25, 0.3) is 0 Å². The molecule has 0 atom stereocenters. The average Bonchev–Trinajstić information content (AvgIpc) is 3.08. The van der Waals surface area contributed by atoms with E-state index in [1.807, 2.05) is 20.8 Å². The van der Waals surface area contributed by atoms with Crippen molar-refractivity contribution < 1.29 is 9.59 Å². The van der Waals surface area contributed by atoms with Gasteiger partial charge in [-0.3, -0.25) is 9.59 Å². The minimum Gasteiger partial charge on any atom is -0.352 e. The Labute approximate surface area is 109 Å². The van der Waals surface area contributed by atoms with E-state index in [1.54, 1.807) is 4.90 Å². The predicted octanol–water partition coefficient (Wildman–Crippen LogP) is 0.502. The Morgan fingerprint density at radius 3 is 2.50 bits per heavy atom. The lowest BCUT2D eigenvalue weighted by Gasteiger charge is -2.21. The fourth-order valence-electron chi connectivity index (χ4n) is 1.75. The fraction of sp³-hybridized carbons (Fsp3) is 0.846. The molecule has 1 rings (SSSR count). The van der Waals surface area contributed by atoms with Crippen molar-refractivity contribution in [1.82, 2.24) is 15.5 Å². The van der Waals surface area contributed by atoms with Crippen LogP contribution in [0.2, 0.25) is 0 Å². The van der Waals surface area contributed by atoms with Gasteiger partial charge in [-0.25, -0.2) is 0 Å². The Kier molecular flexibility index (Phi) is 6.12. The molecule has 5 heteroatoms. The van der Waals surface area contributed by atoms with E-state index < -0.39 is 0 Å². The number of nitrogens with zero attached hydrogens (tertiary/aromatic N) is 1. The van der Waals surface area contributed by atoms with Gasteiger partial charge in [0, 0.05) is 31.6 Å². The predicted molar refractivity (Wildman–Crippen MR) is 71.2 cm³/mol. The monoisotopic (exact) mass is 255 g/mol. The lowest BCUT2D eigenvalue weighted by Crippen LogP contribution is -2.43. The Hall–Kier alpha value is -1.10. The summed E-state index contributed by atoms with van der Waals surface area (Å²) in [5.41, 5.74) is 0. The van der Waals surface area contributed by atoms with Crippen molar-refractivity contribution in [2.45, 2.75) is 52.1 Å². The molecule has 0 aromatic carbocycles. The third-order valence-corrected chi connectivity index (χ3v) is 2.87. The number of rotatable bonds is 8. The molecule has 1 fully saturated rings. The first-order chi connectivity index (χ1) is 8.52. The van der Waals surface area contributed by atoms with Gasteiger partial charge in [-0.1, -0.05) is 0 Å². The van der Waals surface area contributed by atoms with Crippen LogP contribution in [0.25, 0.3) is 0 Å². The smallest absolute Gasteiger partial charge is 0.239 e. The molecule has 2 amide bonds. The number of likely N-dealkylation sites (N-methyl/N-ethyl adjacent to an activating group) is 1. The van der Waals surface area contributed by atoms with Crippen molar-refractivity contribution in [3.05, 3.63) is 0 Å². The van der Waals surface area contributed by atoms with E-state index in [0.29, 0.717) is 25.6 Å². The second kappa shape index (κ2) is 7.36. The highest BCUT2D eigenvalue weighted by Crippen LogP contribution is 2.18. The first-order valence-corrected chi connectivity index (χ1v) is 6.83. The van der Waals surface area contributed by atoms with Crippen LogP contribution in [0.5, 0.6) is 0 Å². The highest BCUT2D eigenvalue weighted by molar-refractivity contribution is 5.84. The lowest BCUT2D eigenvalue weighted by molar-refractivity contribution is -0.136. The van der Waals surface area contributed by atoms with E-state index in [9.17, 15) is 9.59 Å². The Bertz CT molecular complexity index is 288. The van der Waals surface area contributed by atoms with Gasteiger partial charge in [0.1, 0.15) is 0 Å². The SMILES string of the molecule is CCN(CC(=O)NC(C)C)C(=O)CCNC1CC1. The molecule has 1 aliphatic rings. The van der Waals surface area contributed by atoms with Crippen LogP contribution in [0, 0.1) is 0 Å². The van der Waals surface area contributed by atoms with Gasteiger partial charge < -0.3 is 15.5 Å². The van der Waals surface area contributed by atoms with Crippen LogP contribution in [0.15, 0.2) is 0 Å². The largest absolute Gasteiger partial charge is 0.352 e. The van der Waals surface area contributed by atoms with Gasteiger partial charge in [0.05, 0.1) is 6.54 Å². The number of amides is 2. The molecule has 0 aromatic rings. The molecule has 0 heterocycles. The molecule has 0 unspecified atom stereocenters. The van der Waals surface area contributed by atoms with Gasteiger partial charge >= 0.3 is 0 Å². The molecular weight excluding hydrogens is 230 g/mol. The van der Waals surface area contributed by atoms with Gasteiger partial charge in [-0.05, 0) is 33.6 Å². The first kappa shape index (κ1) is 15.0. The summed E-state index contributed by atoms with van der Waals surface area (Å²) in [5.74, 6) is -0.0418. The van der Waals surface area contributed by atoms with E-state index >= 15 is 0 Å². The van der Waals surface area contributed by atoms with Crippen LogP contribution < -0.4 is 10.6 Å². The van der Waals surface area contributed by atoms with Crippen LogP contribution >= 0.6 is 0 Å². The zero-order valence-electron chi connectivity index (χ0n) is 11.7. The van der Waals surface area contributed by atoms with Crippen molar-refractivity contribution in [2.24, 2.45) is 0 Å². The molecule has 2 N–H and O–H groups in total. The summed E-state index contributed by atoms with van der Waals surface area (Å²) >= 11 is 0. The van der Waals surface area contributed by atoms with Crippen molar-refractivity contribution in [2.75, 3.05) is 19.6 Å².